The van der Waals surface area contributed by atoms with Crippen molar-refractivity contribution in [3.8, 4) is 0 Å². The van der Waals surface area contributed by atoms with E-state index in [0.29, 0.717) is 6.04 Å². The predicted molar refractivity (Wildman–Crippen MR) is 124 cm³/mol. The molecule has 0 radical (unpaired) electrons. The van der Waals surface area contributed by atoms with Crippen molar-refractivity contribution in [1.82, 2.24) is 9.88 Å². The molecule has 3 heteroatoms. The van der Waals surface area contributed by atoms with E-state index in [2.05, 4.69) is 89.7 Å². The van der Waals surface area contributed by atoms with Crippen molar-refractivity contribution in [3.05, 3.63) is 107 Å². The molecule has 0 unspecified atom stereocenters. The third-order valence-electron chi connectivity index (χ3n) is 5.49. The monoisotopic (exact) mass is 402 g/mol. The van der Waals surface area contributed by atoms with Crippen LogP contribution in [0, 0.1) is 0 Å². The average Bonchev–Trinajstić information content (AvgIpc) is 3.11. The molecule has 0 saturated heterocycles. The van der Waals surface area contributed by atoms with Crippen LogP contribution >= 0.6 is 11.6 Å². The third kappa shape index (κ3) is 5.09. The van der Waals surface area contributed by atoms with Crippen LogP contribution in [0.2, 0.25) is 5.02 Å². The zero-order chi connectivity index (χ0) is 20.1. The molecule has 148 valence electrons. The number of hydrogen-bond donors (Lipinski definition) is 1. The number of aromatic nitrogens is 1. The molecule has 1 atom stereocenters. The van der Waals surface area contributed by atoms with Gasteiger partial charge >= 0.3 is 0 Å². The highest BCUT2D eigenvalue weighted by molar-refractivity contribution is 6.30. The van der Waals surface area contributed by atoms with Crippen LogP contribution < -0.4 is 5.32 Å². The second kappa shape index (κ2) is 9.30. The van der Waals surface area contributed by atoms with E-state index in [4.69, 9.17) is 11.6 Å². The van der Waals surface area contributed by atoms with Gasteiger partial charge in [0.1, 0.15) is 0 Å². The van der Waals surface area contributed by atoms with Crippen LogP contribution in [-0.4, -0.2) is 10.6 Å². The highest BCUT2D eigenvalue weighted by atomic mass is 35.5. The van der Waals surface area contributed by atoms with Crippen LogP contribution in [0.5, 0.6) is 0 Å². The molecule has 0 aliphatic rings. The molecular formula is C26H27ClN2. The summed E-state index contributed by atoms with van der Waals surface area (Å²) in [6, 6.07) is 27.9. The highest BCUT2D eigenvalue weighted by Crippen LogP contribution is 2.23. The van der Waals surface area contributed by atoms with E-state index in [1.165, 1.54) is 27.6 Å². The second-order valence-corrected chi connectivity index (χ2v) is 8.17. The zero-order valence-corrected chi connectivity index (χ0v) is 17.6. The first-order valence-electron chi connectivity index (χ1n) is 10.3. The van der Waals surface area contributed by atoms with E-state index in [1.54, 1.807) is 0 Å². The largest absolute Gasteiger partial charge is 0.343 e. The number of hydrogen-bond acceptors (Lipinski definition) is 1. The molecule has 0 aliphatic carbocycles. The topological polar surface area (TPSA) is 17.0 Å². The summed E-state index contributed by atoms with van der Waals surface area (Å²) in [5.41, 5.74) is 5.28. The maximum absolute atomic E-state index is 6.03. The minimum absolute atomic E-state index is 0.466. The van der Waals surface area contributed by atoms with Crippen LogP contribution in [0.1, 0.15) is 30.0 Å². The number of benzene rings is 3. The SMILES string of the molecule is C[C@H](CCc1ccccc1)NCc1cn(Cc2ccc(Cl)cc2)c2ccccc12. The van der Waals surface area contributed by atoms with Crippen molar-refractivity contribution in [2.45, 2.75) is 38.9 Å². The molecule has 0 aliphatic heterocycles. The lowest BCUT2D eigenvalue weighted by Gasteiger charge is -2.13. The first-order valence-corrected chi connectivity index (χ1v) is 10.7. The Labute approximate surface area is 178 Å². The van der Waals surface area contributed by atoms with Gasteiger partial charge in [0.15, 0.2) is 0 Å². The van der Waals surface area contributed by atoms with Crippen molar-refractivity contribution >= 4 is 22.5 Å². The molecule has 4 aromatic rings. The number of nitrogens with zero attached hydrogens (tertiary/aromatic N) is 1. The Bertz CT molecular complexity index is 1050. The normalized spacial score (nSPS) is 12.3. The van der Waals surface area contributed by atoms with Crippen molar-refractivity contribution < 1.29 is 0 Å². The minimum atomic E-state index is 0.466. The van der Waals surface area contributed by atoms with Gasteiger partial charge in [0.05, 0.1) is 0 Å². The van der Waals surface area contributed by atoms with Crippen LogP contribution in [0.15, 0.2) is 85.1 Å². The Morgan fingerprint density at radius 2 is 1.59 bits per heavy atom. The van der Waals surface area contributed by atoms with Crippen molar-refractivity contribution in [3.63, 3.8) is 0 Å². The van der Waals surface area contributed by atoms with Gasteiger partial charge in [-0.3, -0.25) is 0 Å². The molecule has 0 saturated carbocycles. The third-order valence-corrected chi connectivity index (χ3v) is 5.74. The van der Waals surface area contributed by atoms with Gasteiger partial charge in [-0.05, 0) is 54.7 Å². The molecule has 0 bridgehead atoms. The summed E-state index contributed by atoms with van der Waals surface area (Å²) in [7, 11) is 0. The number of rotatable bonds is 8. The van der Waals surface area contributed by atoms with E-state index in [1.807, 2.05) is 12.1 Å². The van der Waals surface area contributed by atoms with Crippen LogP contribution in [0.25, 0.3) is 10.9 Å². The fraction of sp³-hybridized carbons (Fsp3) is 0.231. The van der Waals surface area contributed by atoms with Crippen LogP contribution in [0.3, 0.4) is 0 Å². The summed E-state index contributed by atoms with van der Waals surface area (Å²) in [5, 5.41) is 5.82. The first kappa shape index (κ1) is 19.8. The Morgan fingerprint density at radius 3 is 2.38 bits per heavy atom. The molecule has 4 rings (SSSR count). The van der Waals surface area contributed by atoms with Crippen molar-refractivity contribution in [2.75, 3.05) is 0 Å². The fourth-order valence-electron chi connectivity index (χ4n) is 3.80. The Kier molecular flexibility index (Phi) is 6.33. The first-order chi connectivity index (χ1) is 14.2. The van der Waals surface area contributed by atoms with Gasteiger partial charge < -0.3 is 9.88 Å². The van der Waals surface area contributed by atoms with Crippen LogP contribution in [-0.2, 0) is 19.5 Å². The molecule has 1 heterocycles. The lowest BCUT2D eigenvalue weighted by atomic mass is 10.1. The van der Waals surface area contributed by atoms with E-state index in [-0.39, 0.29) is 0 Å². The standard InChI is InChI=1S/C26H27ClN2/c1-20(11-12-21-7-3-2-4-8-21)28-17-23-19-29(26-10-6-5-9-25(23)26)18-22-13-15-24(27)16-14-22/h2-10,13-16,19-20,28H,11-12,17-18H2,1H3/t20-/m1/s1. The van der Waals surface area contributed by atoms with Gasteiger partial charge in [-0.1, -0.05) is 72.3 Å². The number of fused-ring (bicyclic) bond motifs is 1. The molecule has 0 spiro atoms. The molecule has 0 fully saturated rings. The van der Waals surface area contributed by atoms with Gasteiger partial charge in [-0.25, -0.2) is 0 Å². The molecule has 0 amide bonds. The lowest BCUT2D eigenvalue weighted by Crippen LogP contribution is -2.25. The summed E-state index contributed by atoms with van der Waals surface area (Å²) in [4.78, 5) is 0. The predicted octanol–water partition coefficient (Wildman–Crippen LogP) is 6.45. The summed E-state index contributed by atoms with van der Waals surface area (Å²) in [5.74, 6) is 0. The number of halogens is 1. The van der Waals surface area contributed by atoms with E-state index in [0.717, 1.165) is 31.0 Å². The van der Waals surface area contributed by atoms with E-state index >= 15 is 0 Å². The number of nitrogens with one attached hydrogen (secondary N) is 1. The van der Waals surface area contributed by atoms with Gasteiger partial charge in [-0.2, -0.15) is 0 Å². The Hall–Kier alpha value is -2.55. The minimum Gasteiger partial charge on any atom is -0.343 e. The fourth-order valence-corrected chi connectivity index (χ4v) is 3.92. The number of aryl methyl sites for hydroxylation is 1. The van der Waals surface area contributed by atoms with Crippen molar-refractivity contribution in [1.29, 1.82) is 0 Å². The molecule has 3 aromatic carbocycles. The molecule has 1 N–H and O–H groups in total. The lowest BCUT2D eigenvalue weighted by molar-refractivity contribution is 0.514. The summed E-state index contributed by atoms with van der Waals surface area (Å²) in [6.07, 6.45) is 4.52. The zero-order valence-electron chi connectivity index (χ0n) is 16.8. The summed E-state index contributed by atoms with van der Waals surface area (Å²) < 4.78 is 2.34. The maximum Gasteiger partial charge on any atom is 0.0486 e. The molecular weight excluding hydrogens is 376 g/mol. The second-order valence-electron chi connectivity index (χ2n) is 7.73. The van der Waals surface area contributed by atoms with E-state index < -0.39 is 0 Å². The summed E-state index contributed by atoms with van der Waals surface area (Å²) >= 11 is 6.03. The highest BCUT2D eigenvalue weighted by Gasteiger charge is 2.10. The molecule has 1 aromatic heterocycles. The van der Waals surface area contributed by atoms with E-state index in [9.17, 15) is 0 Å². The molecule has 2 nitrogen and oxygen atoms in total. The Balaban J connectivity index is 1.44. The van der Waals surface area contributed by atoms with Crippen molar-refractivity contribution in [2.24, 2.45) is 0 Å². The molecule has 29 heavy (non-hydrogen) atoms. The average molecular weight is 403 g/mol. The van der Waals surface area contributed by atoms with Gasteiger partial charge in [-0.15, -0.1) is 0 Å². The van der Waals surface area contributed by atoms with Gasteiger partial charge in [0.2, 0.25) is 0 Å². The number of para-hydroxylation sites is 1. The van der Waals surface area contributed by atoms with Gasteiger partial charge in [0.25, 0.3) is 0 Å². The summed E-state index contributed by atoms with van der Waals surface area (Å²) in [6.45, 7) is 4.00. The smallest absolute Gasteiger partial charge is 0.0486 e. The Morgan fingerprint density at radius 1 is 0.862 bits per heavy atom. The van der Waals surface area contributed by atoms with Crippen LogP contribution in [0.4, 0.5) is 0 Å². The maximum atomic E-state index is 6.03. The quantitative estimate of drug-likeness (QED) is 0.358. The van der Waals surface area contributed by atoms with Gasteiger partial charge in [0, 0.05) is 41.3 Å².